The Morgan fingerprint density at radius 3 is 2.40 bits per heavy atom. The lowest BCUT2D eigenvalue weighted by Gasteiger charge is -2.21. The summed E-state index contributed by atoms with van der Waals surface area (Å²) in [7, 11) is 0.0636. The van der Waals surface area contributed by atoms with Crippen LogP contribution in [0.2, 0.25) is 0 Å². The maximum absolute atomic E-state index is 2.46. The van der Waals surface area contributed by atoms with Gasteiger partial charge in [-0.15, -0.1) is 11.3 Å². The summed E-state index contributed by atoms with van der Waals surface area (Å²) in [6.07, 6.45) is 3.47. The zero-order chi connectivity index (χ0) is 11.3. The third-order valence-corrected chi connectivity index (χ3v) is 6.21. The SMILES string of the molecule is CC(C)P(C=CCc1cccs1)C(C)C. The molecular weight excluding hydrogens is 219 g/mol. The van der Waals surface area contributed by atoms with Gasteiger partial charge >= 0.3 is 0 Å². The first-order valence-electron chi connectivity index (χ1n) is 5.57. The van der Waals surface area contributed by atoms with E-state index in [9.17, 15) is 0 Å². The van der Waals surface area contributed by atoms with Crippen molar-refractivity contribution in [1.29, 1.82) is 0 Å². The van der Waals surface area contributed by atoms with E-state index >= 15 is 0 Å². The monoisotopic (exact) mass is 240 g/mol. The molecule has 0 spiro atoms. The van der Waals surface area contributed by atoms with Crippen molar-refractivity contribution in [2.24, 2.45) is 0 Å². The largest absolute Gasteiger partial charge is 0.149 e. The maximum Gasteiger partial charge on any atom is 0.00830 e. The molecule has 0 nitrogen and oxygen atoms in total. The van der Waals surface area contributed by atoms with E-state index in [0.717, 1.165) is 17.7 Å². The normalized spacial score (nSPS) is 12.5. The molecule has 0 radical (unpaired) electrons. The quantitative estimate of drug-likeness (QED) is 0.628. The third-order valence-electron chi connectivity index (χ3n) is 2.37. The molecule has 15 heavy (non-hydrogen) atoms. The van der Waals surface area contributed by atoms with Crippen LogP contribution in [0.15, 0.2) is 29.4 Å². The molecule has 0 unspecified atom stereocenters. The average Bonchev–Trinajstić information content (AvgIpc) is 2.63. The standard InChI is InChI=1S/C13H21PS/c1-11(2)14(12(3)4)9-5-7-13-8-6-10-15-13/h5-6,8-12H,7H2,1-4H3. The summed E-state index contributed by atoms with van der Waals surface area (Å²) < 4.78 is 0. The minimum atomic E-state index is 0.0636. The van der Waals surface area contributed by atoms with Crippen molar-refractivity contribution in [3.8, 4) is 0 Å². The second-order valence-corrected chi connectivity index (χ2v) is 8.59. The molecule has 0 atom stereocenters. The lowest BCUT2D eigenvalue weighted by Crippen LogP contribution is -2.00. The molecule has 0 aromatic carbocycles. The molecule has 1 heterocycles. The first-order chi connectivity index (χ1) is 7.11. The van der Waals surface area contributed by atoms with Crippen molar-refractivity contribution in [3.05, 3.63) is 34.3 Å². The Bertz CT molecular complexity index is 277. The van der Waals surface area contributed by atoms with E-state index in [0.29, 0.717) is 0 Å². The minimum absolute atomic E-state index is 0.0636. The molecule has 0 aliphatic heterocycles. The molecular formula is C13H21PS. The van der Waals surface area contributed by atoms with Gasteiger partial charge in [-0.3, -0.25) is 0 Å². The fourth-order valence-electron chi connectivity index (χ4n) is 1.66. The zero-order valence-corrected chi connectivity index (χ0v) is 11.8. The molecule has 0 saturated carbocycles. The van der Waals surface area contributed by atoms with Crippen LogP contribution in [-0.4, -0.2) is 11.3 Å². The van der Waals surface area contributed by atoms with Crippen molar-refractivity contribution in [2.45, 2.75) is 45.4 Å². The van der Waals surface area contributed by atoms with Crippen LogP contribution in [0.3, 0.4) is 0 Å². The summed E-state index contributed by atoms with van der Waals surface area (Å²) >= 11 is 1.85. The van der Waals surface area contributed by atoms with Crippen molar-refractivity contribution in [2.75, 3.05) is 0 Å². The van der Waals surface area contributed by atoms with E-state index in [1.807, 2.05) is 11.3 Å². The highest BCUT2D eigenvalue weighted by Gasteiger charge is 2.12. The lowest BCUT2D eigenvalue weighted by atomic mass is 10.3. The first kappa shape index (κ1) is 12.9. The Kier molecular flexibility index (Phi) is 5.56. The van der Waals surface area contributed by atoms with Crippen molar-refractivity contribution in [3.63, 3.8) is 0 Å². The predicted molar refractivity (Wildman–Crippen MR) is 74.4 cm³/mol. The van der Waals surface area contributed by atoms with Gasteiger partial charge in [-0.25, -0.2) is 0 Å². The van der Waals surface area contributed by atoms with E-state index in [1.54, 1.807) is 0 Å². The molecule has 2 heteroatoms. The zero-order valence-electron chi connectivity index (χ0n) is 10.1. The highest BCUT2D eigenvalue weighted by molar-refractivity contribution is 7.62. The molecule has 0 fully saturated rings. The minimum Gasteiger partial charge on any atom is -0.149 e. The van der Waals surface area contributed by atoms with E-state index < -0.39 is 0 Å². The van der Waals surface area contributed by atoms with Crippen LogP contribution in [0.4, 0.5) is 0 Å². The van der Waals surface area contributed by atoms with Crippen molar-refractivity contribution in [1.82, 2.24) is 0 Å². The van der Waals surface area contributed by atoms with Crippen LogP contribution in [0.25, 0.3) is 0 Å². The second-order valence-electron chi connectivity index (χ2n) is 4.30. The Balaban J connectivity index is 2.48. The van der Waals surface area contributed by atoms with Crippen LogP contribution >= 0.6 is 19.3 Å². The Morgan fingerprint density at radius 2 is 1.93 bits per heavy atom. The van der Waals surface area contributed by atoms with E-state index in [1.165, 1.54) is 4.88 Å². The number of hydrogen-bond donors (Lipinski definition) is 0. The van der Waals surface area contributed by atoms with Gasteiger partial charge in [0.1, 0.15) is 0 Å². The predicted octanol–water partition coefficient (Wildman–Crippen LogP) is 5.10. The number of thiophene rings is 1. The summed E-state index contributed by atoms with van der Waals surface area (Å²) in [6, 6.07) is 4.34. The van der Waals surface area contributed by atoms with Gasteiger partial charge in [0.2, 0.25) is 0 Å². The summed E-state index contributed by atoms with van der Waals surface area (Å²) in [4.78, 5) is 1.47. The lowest BCUT2D eigenvalue weighted by molar-refractivity contribution is 1.02. The molecule has 0 aliphatic rings. The summed E-state index contributed by atoms with van der Waals surface area (Å²) in [5.41, 5.74) is 1.61. The fraction of sp³-hybridized carbons (Fsp3) is 0.538. The molecule has 0 N–H and O–H groups in total. The van der Waals surface area contributed by atoms with E-state index in [-0.39, 0.29) is 7.92 Å². The molecule has 1 aromatic rings. The Labute approximate surface area is 99.2 Å². The van der Waals surface area contributed by atoms with Crippen LogP contribution in [0.5, 0.6) is 0 Å². The summed E-state index contributed by atoms with van der Waals surface area (Å²) in [5, 5.41) is 2.15. The number of hydrogen-bond acceptors (Lipinski definition) is 1. The van der Waals surface area contributed by atoms with Gasteiger partial charge in [-0.2, -0.15) is 0 Å². The topological polar surface area (TPSA) is 0 Å². The first-order valence-corrected chi connectivity index (χ1v) is 8.00. The Hall–Kier alpha value is -0.130. The smallest absolute Gasteiger partial charge is 0.00830 e. The van der Waals surface area contributed by atoms with Crippen LogP contribution in [0.1, 0.15) is 32.6 Å². The molecule has 1 aromatic heterocycles. The van der Waals surface area contributed by atoms with Crippen molar-refractivity contribution >= 4 is 19.3 Å². The summed E-state index contributed by atoms with van der Waals surface area (Å²) in [6.45, 7) is 9.34. The molecule has 1 rings (SSSR count). The molecule has 0 aliphatic carbocycles. The van der Waals surface area contributed by atoms with Crippen LogP contribution < -0.4 is 0 Å². The van der Waals surface area contributed by atoms with Gasteiger partial charge in [0.05, 0.1) is 0 Å². The van der Waals surface area contributed by atoms with Gasteiger partial charge in [-0.05, 0) is 22.8 Å². The van der Waals surface area contributed by atoms with Crippen LogP contribution in [0, 0.1) is 0 Å². The highest BCUT2D eigenvalue weighted by atomic mass is 32.1. The number of allylic oxidation sites excluding steroid dienone is 1. The third kappa shape index (κ3) is 4.49. The second kappa shape index (κ2) is 6.45. The molecule has 0 amide bonds. The van der Waals surface area contributed by atoms with Gasteiger partial charge < -0.3 is 0 Å². The average molecular weight is 240 g/mol. The van der Waals surface area contributed by atoms with Gasteiger partial charge in [0, 0.05) is 11.3 Å². The molecule has 0 saturated heterocycles. The van der Waals surface area contributed by atoms with Gasteiger partial charge in [0.25, 0.3) is 0 Å². The van der Waals surface area contributed by atoms with E-state index in [4.69, 9.17) is 0 Å². The number of rotatable bonds is 5. The summed E-state index contributed by atoms with van der Waals surface area (Å²) in [5.74, 6) is 2.46. The Morgan fingerprint density at radius 1 is 1.27 bits per heavy atom. The van der Waals surface area contributed by atoms with E-state index in [2.05, 4.69) is 57.1 Å². The molecule has 84 valence electrons. The van der Waals surface area contributed by atoms with Gasteiger partial charge in [0.15, 0.2) is 0 Å². The highest BCUT2D eigenvalue weighted by Crippen LogP contribution is 2.47. The maximum atomic E-state index is 2.46. The van der Waals surface area contributed by atoms with Gasteiger partial charge in [-0.1, -0.05) is 53.6 Å². The molecule has 0 bridgehead atoms. The fourth-order valence-corrected chi connectivity index (χ4v) is 4.57. The van der Waals surface area contributed by atoms with Crippen LogP contribution in [-0.2, 0) is 6.42 Å². The van der Waals surface area contributed by atoms with Crippen molar-refractivity contribution < 1.29 is 0 Å².